The van der Waals surface area contributed by atoms with Crippen molar-refractivity contribution in [2.75, 3.05) is 18.5 Å². The summed E-state index contributed by atoms with van der Waals surface area (Å²) in [7, 11) is 2.15. The van der Waals surface area contributed by atoms with Gasteiger partial charge in [-0.05, 0) is 49.4 Å². The zero-order valence-electron chi connectivity index (χ0n) is 12.2. The van der Waals surface area contributed by atoms with Crippen LogP contribution in [-0.2, 0) is 6.54 Å². The second kappa shape index (κ2) is 6.62. The molecule has 0 aliphatic heterocycles. The highest BCUT2D eigenvalue weighted by molar-refractivity contribution is 6.33. The lowest BCUT2D eigenvalue weighted by atomic mass is 9.91. The Morgan fingerprint density at radius 1 is 1.37 bits per heavy atom. The first-order valence-electron chi connectivity index (χ1n) is 7.30. The number of hydrogen-bond acceptors (Lipinski definition) is 2. The molecule has 0 atom stereocenters. The highest BCUT2D eigenvalue weighted by atomic mass is 35.5. The quantitative estimate of drug-likeness (QED) is 0.845. The van der Waals surface area contributed by atoms with Crippen molar-refractivity contribution in [1.29, 1.82) is 0 Å². The Labute approximate surface area is 122 Å². The van der Waals surface area contributed by atoms with E-state index in [0.29, 0.717) is 12.0 Å². The van der Waals surface area contributed by atoms with Crippen molar-refractivity contribution in [2.24, 2.45) is 5.92 Å². The Hall–Kier alpha value is -0.730. The van der Waals surface area contributed by atoms with Crippen LogP contribution >= 0.6 is 11.6 Å². The zero-order chi connectivity index (χ0) is 13.8. The molecule has 0 spiro atoms. The fourth-order valence-corrected chi connectivity index (χ4v) is 2.76. The van der Waals surface area contributed by atoms with E-state index in [9.17, 15) is 0 Å². The Morgan fingerprint density at radius 2 is 2.11 bits per heavy atom. The van der Waals surface area contributed by atoms with Crippen LogP contribution in [0.15, 0.2) is 18.2 Å². The number of rotatable bonds is 6. The van der Waals surface area contributed by atoms with E-state index in [1.54, 1.807) is 0 Å². The van der Waals surface area contributed by atoms with Crippen LogP contribution in [0.3, 0.4) is 0 Å². The van der Waals surface area contributed by atoms with Gasteiger partial charge in [-0.2, -0.15) is 0 Å². The molecule has 1 aromatic rings. The molecule has 2 rings (SSSR count). The SMILES string of the molecule is CC(C)CNCc1ccc(N(C)C2CCC2)c(Cl)c1. The van der Waals surface area contributed by atoms with Crippen molar-refractivity contribution in [3.05, 3.63) is 28.8 Å². The summed E-state index contributed by atoms with van der Waals surface area (Å²) in [5.41, 5.74) is 2.43. The maximum Gasteiger partial charge on any atom is 0.0642 e. The van der Waals surface area contributed by atoms with E-state index in [1.165, 1.54) is 30.5 Å². The predicted molar refractivity (Wildman–Crippen MR) is 84.0 cm³/mol. The van der Waals surface area contributed by atoms with E-state index in [4.69, 9.17) is 11.6 Å². The molecule has 106 valence electrons. The minimum atomic E-state index is 0.680. The second-order valence-electron chi connectivity index (χ2n) is 6.01. The third kappa shape index (κ3) is 3.87. The molecule has 1 N–H and O–H groups in total. The lowest BCUT2D eigenvalue weighted by Gasteiger charge is -2.36. The average molecular weight is 281 g/mol. The van der Waals surface area contributed by atoms with Gasteiger partial charge in [-0.15, -0.1) is 0 Å². The molecule has 1 aliphatic carbocycles. The topological polar surface area (TPSA) is 15.3 Å². The van der Waals surface area contributed by atoms with Gasteiger partial charge in [0, 0.05) is 19.6 Å². The molecular formula is C16H25ClN2. The molecule has 1 fully saturated rings. The molecule has 0 bridgehead atoms. The Bertz CT molecular complexity index is 413. The zero-order valence-corrected chi connectivity index (χ0v) is 13.0. The van der Waals surface area contributed by atoms with Crippen LogP contribution < -0.4 is 10.2 Å². The summed E-state index contributed by atoms with van der Waals surface area (Å²) >= 11 is 6.42. The van der Waals surface area contributed by atoms with Crippen LogP contribution in [0, 0.1) is 5.92 Å². The molecule has 0 aromatic heterocycles. The first-order chi connectivity index (χ1) is 9.08. The van der Waals surface area contributed by atoms with Crippen LogP contribution in [-0.4, -0.2) is 19.6 Å². The van der Waals surface area contributed by atoms with Gasteiger partial charge in [0.15, 0.2) is 0 Å². The second-order valence-corrected chi connectivity index (χ2v) is 6.41. The number of nitrogens with zero attached hydrogens (tertiary/aromatic N) is 1. The number of hydrogen-bond donors (Lipinski definition) is 1. The standard InChI is InChI=1S/C16H25ClN2/c1-12(2)10-18-11-13-7-8-16(15(17)9-13)19(3)14-5-4-6-14/h7-9,12,14,18H,4-6,10-11H2,1-3H3. The van der Waals surface area contributed by atoms with Crippen molar-refractivity contribution in [3.63, 3.8) is 0 Å². The molecule has 3 heteroatoms. The van der Waals surface area contributed by atoms with Crippen LogP contribution in [0.25, 0.3) is 0 Å². The number of anilines is 1. The smallest absolute Gasteiger partial charge is 0.0642 e. The number of nitrogens with one attached hydrogen (secondary N) is 1. The van der Waals surface area contributed by atoms with Gasteiger partial charge in [0.05, 0.1) is 10.7 Å². The van der Waals surface area contributed by atoms with Crippen molar-refractivity contribution >= 4 is 17.3 Å². The minimum Gasteiger partial charge on any atom is -0.370 e. The summed E-state index contributed by atoms with van der Waals surface area (Å²) in [6.45, 7) is 6.37. The van der Waals surface area contributed by atoms with Gasteiger partial charge in [0.25, 0.3) is 0 Å². The highest BCUT2D eigenvalue weighted by Crippen LogP contribution is 2.33. The lowest BCUT2D eigenvalue weighted by molar-refractivity contribution is 0.401. The molecule has 1 aromatic carbocycles. The largest absolute Gasteiger partial charge is 0.370 e. The molecule has 1 saturated carbocycles. The molecule has 0 radical (unpaired) electrons. The van der Waals surface area contributed by atoms with Crippen molar-refractivity contribution in [3.8, 4) is 0 Å². The predicted octanol–water partition coefficient (Wildman–Crippen LogP) is 4.07. The Morgan fingerprint density at radius 3 is 2.63 bits per heavy atom. The third-order valence-corrected chi connectivity index (χ3v) is 4.20. The summed E-state index contributed by atoms with van der Waals surface area (Å²) < 4.78 is 0. The summed E-state index contributed by atoms with van der Waals surface area (Å²) in [5.74, 6) is 0.680. The average Bonchev–Trinajstić information content (AvgIpc) is 2.26. The summed E-state index contributed by atoms with van der Waals surface area (Å²) in [6.07, 6.45) is 3.94. The summed E-state index contributed by atoms with van der Waals surface area (Å²) in [5, 5.41) is 4.32. The third-order valence-electron chi connectivity index (χ3n) is 3.90. The van der Waals surface area contributed by atoms with Gasteiger partial charge >= 0.3 is 0 Å². The normalized spacial score (nSPS) is 15.6. The van der Waals surface area contributed by atoms with Crippen molar-refractivity contribution in [2.45, 2.75) is 45.7 Å². The number of halogens is 1. The molecule has 0 unspecified atom stereocenters. The van der Waals surface area contributed by atoms with Gasteiger partial charge < -0.3 is 10.2 Å². The fraction of sp³-hybridized carbons (Fsp3) is 0.625. The molecule has 2 nitrogen and oxygen atoms in total. The molecule has 0 saturated heterocycles. The van der Waals surface area contributed by atoms with E-state index in [0.717, 1.165) is 18.1 Å². The molecule has 0 heterocycles. The monoisotopic (exact) mass is 280 g/mol. The highest BCUT2D eigenvalue weighted by Gasteiger charge is 2.23. The van der Waals surface area contributed by atoms with Gasteiger partial charge in [0.2, 0.25) is 0 Å². The van der Waals surface area contributed by atoms with Crippen LogP contribution in [0.1, 0.15) is 38.7 Å². The van der Waals surface area contributed by atoms with E-state index < -0.39 is 0 Å². The first kappa shape index (κ1) is 14.7. The van der Waals surface area contributed by atoms with E-state index in [2.05, 4.69) is 49.3 Å². The van der Waals surface area contributed by atoms with Gasteiger partial charge in [0.1, 0.15) is 0 Å². The summed E-state index contributed by atoms with van der Waals surface area (Å²) in [6, 6.07) is 7.12. The van der Waals surface area contributed by atoms with Gasteiger partial charge in [-0.1, -0.05) is 31.5 Å². The Kier molecular flexibility index (Phi) is 5.12. The number of benzene rings is 1. The minimum absolute atomic E-state index is 0.680. The van der Waals surface area contributed by atoms with E-state index in [-0.39, 0.29) is 0 Å². The van der Waals surface area contributed by atoms with Crippen LogP contribution in [0.2, 0.25) is 5.02 Å². The van der Waals surface area contributed by atoms with Crippen molar-refractivity contribution < 1.29 is 0 Å². The van der Waals surface area contributed by atoms with Crippen LogP contribution in [0.5, 0.6) is 0 Å². The van der Waals surface area contributed by atoms with E-state index >= 15 is 0 Å². The maximum absolute atomic E-state index is 6.42. The molecule has 1 aliphatic rings. The van der Waals surface area contributed by atoms with Crippen LogP contribution in [0.4, 0.5) is 5.69 Å². The molecule has 19 heavy (non-hydrogen) atoms. The molecule has 0 amide bonds. The Balaban J connectivity index is 1.96. The van der Waals surface area contributed by atoms with Gasteiger partial charge in [-0.25, -0.2) is 0 Å². The summed E-state index contributed by atoms with van der Waals surface area (Å²) in [4.78, 5) is 2.33. The van der Waals surface area contributed by atoms with E-state index in [1.807, 2.05) is 0 Å². The lowest BCUT2D eigenvalue weighted by Crippen LogP contribution is -2.37. The fourth-order valence-electron chi connectivity index (χ4n) is 2.42. The van der Waals surface area contributed by atoms with Crippen molar-refractivity contribution in [1.82, 2.24) is 5.32 Å². The maximum atomic E-state index is 6.42. The van der Waals surface area contributed by atoms with Gasteiger partial charge in [-0.3, -0.25) is 0 Å². The first-order valence-corrected chi connectivity index (χ1v) is 7.67. The molecular weight excluding hydrogens is 256 g/mol.